The molecule has 100 valence electrons. The SMILES string of the molecule is CCOC(=O)CCCNC(=O)C(C)(CC)CN. The quantitative estimate of drug-likeness (QED) is 0.489. The number of carbonyl (C=O) groups is 2. The van der Waals surface area contributed by atoms with Crippen LogP contribution in [0.1, 0.15) is 40.0 Å². The molecule has 1 unspecified atom stereocenters. The molecule has 0 rings (SSSR count). The van der Waals surface area contributed by atoms with E-state index >= 15 is 0 Å². The first kappa shape index (κ1) is 15.9. The van der Waals surface area contributed by atoms with Crippen molar-refractivity contribution in [3.8, 4) is 0 Å². The van der Waals surface area contributed by atoms with Crippen LogP contribution in [-0.2, 0) is 14.3 Å². The predicted molar refractivity (Wildman–Crippen MR) is 66.3 cm³/mol. The van der Waals surface area contributed by atoms with E-state index < -0.39 is 5.41 Å². The summed E-state index contributed by atoms with van der Waals surface area (Å²) in [7, 11) is 0. The Balaban J connectivity index is 3.82. The lowest BCUT2D eigenvalue weighted by Crippen LogP contribution is -2.43. The number of hydrogen-bond acceptors (Lipinski definition) is 4. The second-order valence-corrected chi connectivity index (χ2v) is 4.28. The number of hydrogen-bond donors (Lipinski definition) is 2. The maximum Gasteiger partial charge on any atom is 0.305 e. The molecule has 0 aliphatic heterocycles. The Kier molecular flexibility index (Phi) is 7.54. The first-order valence-electron chi connectivity index (χ1n) is 6.14. The highest BCUT2D eigenvalue weighted by atomic mass is 16.5. The van der Waals surface area contributed by atoms with Gasteiger partial charge < -0.3 is 15.8 Å². The van der Waals surface area contributed by atoms with E-state index in [4.69, 9.17) is 10.5 Å². The predicted octanol–water partition coefficient (Wildman–Crippen LogP) is 0.821. The van der Waals surface area contributed by atoms with E-state index in [1.807, 2.05) is 13.8 Å². The molecule has 0 fully saturated rings. The van der Waals surface area contributed by atoms with Gasteiger partial charge in [-0.05, 0) is 26.7 Å². The average Bonchev–Trinajstić information content (AvgIpc) is 2.33. The normalized spacial score (nSPS) is 13.9. The van der Waals surface area contributed by atoms with Crippen LogP contribution in [0.5, 0.6) is 0 Å². The molecule has 0 saturated heterocycles. The number of ether oxygens (including phenoxy) is 1. The van der Waals surface area contributed by atoms with Gasteiger partial charge in [0.2, 0.25) is 5.91 Å². The molecule has 5 nitrogen and oxygen atoms in total. The summed E-state index contributed by atoms with van der Waals surface area (Å²) in [6.45, 7) is 6.75. The maximum absolute atomic E-state index is 11.8. The van der Waals surface area contributed by atoms with Gasteiger partial charge in [0.25, 0.3) is 0 Å². The Morgan fingerprint density at radius 3 is 2.47 bits per heavy atom. The molecule has 0 aliphatic carbocycles. The third-order valence-corrected chi connectivity index (χ3v) is 2.93. The monoisotopic (exact) mass is 244 g/mol. The van der Waals surface area contributed by atoms with Crippen molar-refractivity contribution in [2.45, 2.75) is 40.0 Å². The van der Waals surface area contributed by atoms with E-state index in [2.05, 4.69) is 5.32 Å². The minimum Gasteiger partial charge on any atom is -0.466 e. The minimum atomic E-state index is -0.510. The smallest absolute Gasteiger partial charge is 0.305 e. The molecule has 0 saturated carbocycles. The van der Waals surface area contributed by atoms with E-state index in [0.29, 0.717) is 39.0 Å². The summed E-state index contributed by atoms with van der Waals surface area (Å²) in [5, 5.41) is 2.80. The fraction of sp³-hybridized carbons (Fsp3) is 0.833. The molecule has 5 heteroatoms. The molecule has 0 radical (unpaired) electrons. The van der Waals surface area contributed by atoms with Gasteiger partial charge in [-0.15, -0.1) is 0 Å². The zero-order valence-electron chi connectivity index (χ0n) is 11.0. The van der Waals surface area contributed by atoms with E-state index in [-0.39, 0.29) is 11.9 Å². The fourth-order valence-corrected chi connectivity index (χ4v) is 1.28. The van der Waals surface area contributed by atoms with E-state index in [1.54, 1.807) is 6.92 Å². The molecule has 0 bridgehead atoms. The van der Waals surface area contributed by atoms with Crippen molar-refractivity contribution in [1.82, 2.24) is 5.32 Å². The Bertz CT molecular complexity index is 250. The summed E-state index contributed by atoms with van der Waals surface area (Å²) in [5.74, 6) is -0.273. The molecule has 0 aromatic rings. The number of nitrogens with two attached hydrogens (primary N) is 1. The third kappa shape index (κ3) is 5.68. The molecule has 0 aromatic carbocycles. The van der Waals surface area contributed by atoms with Gasteiger partial charge in [-0.2, -0.15) is 0 Å². The van der Waals surface area contributed by atoms with Gasteiger partial charge in [0.1, 0.15) is 0 Å². The molecule has 0 heterocycles. The number of rotatable bonds is 8. The van der Waals surface area contributed by atoms with Crippen molar-refractivity contribution in [2.24, 2.45) is 11.1 Å². The van der Waals surface area contributed by atoms with Gasteiger partial charge in [-0.3, -0.25) is 9.59 Å². The third-order valence-electron chi connectivity index (χ3n) is 2.93. The molecule has 0 spiro atoms. The van der Waals surface area contributed by atoms with Gasteiger partial charge in [0, 0.05) is 19.5 Å². The van der Waals surface area contributed by atoms with Gasteiger partial charge in [-0.1, -0.05) is 6.92 Å². The minimum absolute atomic E-state index is 0.0497. The van der Waals surface area contributed by atoms with Crippen LogP contribution < -0.4 is 11.1 Å². The van der Waals surface area contributed by atoms with Crippen LogP contribution in [-0.4, -0.2) is 31.6 Å². The number of carbonyl (C=O) groups excluding carboxylic acids is 2. The van der Waals surface area contributed by atoms with Crippen LogP contribution in [0, 0.1) is 5.41 Å². The lowest BCUT2D eigenvalue weighted by Gasteiger charge is -2.24. The van der Waals surface area contributed by atoms with Crippen LogP contribution >= 0.6 is 0 Å². The standard InChI is InChI=1S/C12H24N2O3/c1-4-12(3,9-13)11(16)14-8-6-7-10(15)17-5-2/h4-9,13H2,1-3H3,(H,14,16). The molecular formula is C12H24N2O3. The number of nitrogens with one attached hydrogen (secondary N) is 1. The lowest BCUT2D eigenvalue weighted by molar-refractivity contribution is -0.143. The first-order chi connectivity index (χ1) is 8.00. The van der Waals surface area contributed by atoms with E-state index in [0.717, 1.165) is 0 Å². The average molecular weight is 244 g/mol. The zero-order chi connectivity index (χ0) is 13.3. The largest absolute Gasteiger partial charge is 0.466 e. The second kappa shape index (κ2) is 8.06. The second-order valence-electron chi connectivity index (χ2n) is 4.28. The van der Waals surface area contributed by atoms with Gasteiger partial charge in [0.15, 0.2) is 0 Å². The van der Waals surface area contributed by atoms with Crippen LogP contribution in [0.4, 0.5) is 0 Å². The van der Waals surface area contributed by atoms with Gasteiger partial charge >= 0.3 is 5.97 Å². The summed E-state index contributed by atoms with van der Waals surface area (Å²) in [4.78, 5) is 22.8. The van der Waals surface area contributed by atoms with Crippen LogP contribution in [0.25, 0.3) is 0 Å². The maximum atomic E-state index is 11.8. The highest BCUT2D eigenvalue weighted by Crippen LogP contribution is 2.18. The molecule has 1 amide bonds. The Morgan fingerprint density at radius 1 is 1.35 bits per heavy atom. The van der Waals surface area contributed by atoms with Crippen molar-refractivity contribution in [3.63, 3.8) is 0 Å². The van der Waals surface area contributed by atoms with Crippen molar-refractivity contribution < 1.29 is 14.3 Å². The van der Waals surface area contributed by atoms with Crippen molar-refractivity contribution in [2.75, 3.05) is 19.7 Å². The molecule has 3 N–H and O–H groups in total. The molecule has 0 aromatic heterocycles. The first-order valence-corrected chi connectivity index (χ1v) is 6.14. The summed E-state index contributed by atoms with van der Waals surface area (Å²) in [6, 6.07) is 0. The number of esters is 1. The van der Waals surface area contributed by atoms with Gasteiger partial charge in [0.05, 0.1) is 12.0 Å². The Hall–Kier alpha value is -1.10. The Labute approximate surface area is 103 Å². The molecule has 17 heavy (non-hydrogen) atoms. The molecule has 0 aliphatic rings. The molecule has 1 atom stereocenters. The van der Waals surface area contributed by atoms with Crippen LogP contribution in [0.3, 0.4) is 0 Å². The lowest BCUT2D eigenvalue weighted by atomic mass is 9.86. The van der Waals surface area contributed by atoms with Crippen molar-refractivity contribution >= 4 is 11.9 Å². The van der Waals surface area contributed by atoms with Crippen molar-refractivity contribution in [3.05, 3.63) is 0 Å². The highest BCUT2D eigenvalue weighted by Gasteiger charge is 2.28. The van der Waals surface area contributed by atoms with Crippen LogP contribution in [0.2, 0.25) is 0 Å². The summed E-state index contributed by atoms with van der Waals surface area (Å²) >= 11 is 0. The van der Waals surface area contributed by atoms with E-state index in [1.165, 1.54) is 0 Å². The molecular weight excluding hydrogens is 220 g/mol. The zero-order valence-corrected chi connectivity index (χ0v) is 11.0. The topological polar surface area (TPSA) is 81.4 Å². The number of amides is 1. The van der Waals surface area contributed by atoms with Crippen LogP contribution in [0.15, 0.2) is 0 Å². The highest BCUT2D eigenvalue weighted by molar-refractivity contribution is 5.82. The summed E-state index contributed by atoms with van der Waals surface area (Å²) in [6.07, 6.45) is 1.63. The summed E-state index contributed by atoms with van der Waals surface area (Å²) in [5.41, 5.74) is 5.07. The van der Waals surface area contributed by atoms with E-state index in [9.17, 15) is 9.59 Å². The summed E-state index contributed by atoms with van der Waals surface area (Å²) < 4.78 is 4.79. The Morgan fingerprint density at radius 2 is 2.00 bits per heavy atom. The van der Waals surface area contributed by atoms with Crippen molar-refractivity contribution in [1.29, 1.82) is 0 Å². The van der Waals surface area contributed by atoms with Gasteiger partial charge in [-0.25, -0.2) is 0 Å². The fourth-order valence-electron chi connectivity index (χ4n) is 1.28.